The first-order valence-corrected chi connectivity index (χ1v) is 11.9. The summed E-state index contributed by atoms with van der Waals surface area (Å²) in [6, 6.07) is 15.8. The maximum absolute atomic E-state index is 13.2. The summed E-state index contributed by atoms with van der Waals surface area (Å²) in [5, 5.41) is 10.3. The Morgan fingerprint density at radius 2 is 1.55 bits per heavy atom. The highest BCUT2D eigenvalue weighted by molar-refractivity contribution is 7.57. The van der Waals surface area contributed by atoms with Crippen LogP contribution in [0, 0.1) is 19.7 Å². The molecule has 0 fully saturated rings. The molecule has 0 bridgehead atoms. The number of hydrogen-bond acceptors (Lipinski definition) is 2. The SMILES string of the molecule is Cc1cc(CCP(C)(=O)O)cc(C)c1Cc1ccc(O)c(-c2ccc(F)cc2)c1. The van der Waals surface area contributed by atoms with Gasteiger partial charge in [-0.05, 0) is 84.3 Å². The second-order valence-electron chi connectivity index (χ2n) is 7.77. The fourth-order valence-corrected chi connectivity index (χ4v) is 4.27. The van der Waals surface area contributed by atoms with Gasteiger partial charge in [0.2, 0.25) is 0 Å². The van der Waals surface area contributed by atoms with Crippen LogP contribution in [-0.2, 0) is 17.4 Å². The zero-order valence-corrected chi connectivity index (χ0v) is 17.8. The molecule has 0 radical (unpaired) electrons. The molecule has 5 heteroatoms. The van der Waals surface area contributed by atoms with E-state index in [0.717, 1.165) is 27.8 Å². The first-order valence-electron chi connectivity index (χ1n) is 9.58. The number of phenols is 1. The van der Waals surface area contributed by atoms with Gasteiger partial charge < -0.3 is 10.00 Å². The van der Waals surface area contributed by atoms with Crippen molar-refractivity contribution in [1.82, 2.24) is 0 Å². The summed E-state index contributed by atoms with van der Waals surface area (Å²) < 4.78 is 24.8. The molecule has 2 N–H and O–H groups in total. The number of benzene rings is 3. The fourth-order valence-electron chi connectivity index (χ4n) is 3.60. The summed E-state index contributed by atoms with van der Waals surface area (Å²) in [6.45, 7) is 5.50. The molecule has 0 heterocycles. The summed E-state index contributed by atoms with van der Waals surface area (Å²) in [5.74, 6) is -0.145. The summed E-state index contributed by atoms with van der Waals surface area (Å²) >= 11 is 0. The van der Waals surface area contributed by atoms with Crippen LogP contribution in [0.4, 0.5) is 4.39 Å². The molecule has 0 spiro atoms. The predicted octanol–water partition coefficient (Wildman–Crippen LogP) is 5.85. The molecule has 0 aliphatic carbocycles. The molecule has 152 valence electrons. The minimum absolute atomic E-state index is 0.164. The van der Waals surface area contributed by atoms with Gasteiger partial charge in [0.05, 0.1) is 0 Å². The summed E-state index contributed by atoms with van der Waals surface area (Å²) in [4.78, 5) is 9.54. The van der Waals surface area contributed by atoms with Gasteiger partial charge in [-0.15, -0.1) is 0 Å². The van der Waals surface area contributed by atoms with Crippen molar-refractivity contribution in [1.29, 1.82) is 0 Å². The number of phenolic OH excluding ortho intramolecular Hbond substituents is 1. The Kier molecular flexibility index (Phi) is 6.26. The van der Waals surface area contributed by atoms with Crippen molar-refractivity contribution in [3.05, 3.63) is 88.2 Å². The second-order valence-corrected chi connectivity index (χ2v) is 10.3. The number of aromatic hydroxyl groups is 1. The Balaban J connectivity index is 1.87. The van der Waals surface area contributed by atoms with E-state index in [1.165, 1.54) is 24.4 Å². The molecule has 0 aromatic heterocycles. The van der Waals surface area contributed by atoms with Crippen LogP contribution < -0.4 is 0 Å². The Bertz CT molecular complexity index is 1040. The average Bonchev–Trinajstić information content (AvgIpc) is 2.64. The van der Waals surface area contributed by atoms with Crippen molar-refractivity contribution < 1.29 is 19.0 Å². The molecule has 0 aliphatic heterocycles. The van der Waals surface area contributed by atoms with E-state index in [0.29, 0.717) is 18.4 Å². The van der Waals surface area contributed by atoms with Crippen LogP contribution in [0.5, 0.6) is 5.75 Å². The van der Waals surface area contributed by atoms with Crippen LogP contribution in [0.2, 0.25) is 0 Å². The van der Waals surface area contributed by atoms with E-state index in [1.54, 1.807) is 18.2 Å². The summed E-state index contributed by atoms with van der Waals surface area (Å²) in [7, 11) is -3.02. The minimum atomic E-state index is -3.02. The summed E-state index contributed by atoms with van der Waals surface area (Å²) in [5.41, 5.74) is 7.04. The van der Waals surface area contributed by atoms with E-state index >= 15 is 0 Å². The highest BCUT2D eigenvalue weighted by atomic mass is 31.2. The third-order valence-corrected chi connectivity index (χ3v) is 6.22. The van der Waals surface area contributed by atoms with Crippen molar-refractivity contribution in [3.8, 4) is 16.9 Å². The van der Waals surface area contributed by atoms with Gasteiger partial charge >= 0.3 is 0 Å². The standard InChI is InChI=1S/C24H26FO3P/c1-16-12-19(10-11-29(3,27)28)13-17(2)22(16)14-18-4-9-24(26)23(15-18)20-5-7-21(25)8-6-20/h4-9,12-13,15,26H,10-11,14H2,1-3H3,(H,27,28). The van der Waals surface area contributed by atoms with Crippen LogP contribution in [0.15, 0.2) is 54.6 Å². The third-order valence-electron chi connectivity index (χ3n) is 5.17. The predicted molar refractivity (Wildman–Crippen MR) is 117 cm³/mol. The minimum Gasteiger partial charge on any atom is -0.507 e. The Morgan fingerprint density at radius 1 is 0.931 bits per heavy atom. The molecule has 3 aromatic carbocycles. The normalized spacial score (nSPS) is 13.3. The van der Waals surface area contributed by atoms with E-state index in [1.807, 2.05) is 12.1 Å². The molecular weight excluding hydrogens is 386 g/mol. The molecular formula is C24H26FO3P. The van der Waals surface area contributed by atoms with Crippen LogP contribution >= 0.6 is 7.37 Å². The second kappa shape index (κ2) is 8.52. The highest BCUT2D eigenvalue weighted by Crippen LogP contribution is 2.36. The lowest BCUT2D eigenvalue weighted by Gasteiger charge is -2.15. The smallest absolute Gasteiger partial charge is 0.197 e. The van der Waals surface area contributed by atoms with Crippen LogP contribution in [0.25, 0.3) is 11.1 Å². The Hall–Kier alpha value is -2.42. The lowest BCUT2D eigenvalue weighted by molar-refractivity contribution is 0.477. The molecule has 3 aromatic rings. The number of hydrogen-bond donors (Lipinski definition) is 2. The maximum atomic E-state index is 13.2. The maximum Gasteiger partial charge on any atom is 0.197 e. The highest BCUT2D eigenvalue weighted by Gasteiger charge is 2.13. The monoisotopic (exact) mass is 412 g/mol. The molecule has 1 atom stereocenters. The van der Waals surface area contributed by atoms with Crippen LogP contribution in [-0.4, -0.2) is 22.8 Å². The molecule has 1 unspecified atom stereocenters. The van der Waals surface area contributed by atoms with Crippen LogP contribution in [0.3, 0.4) is 0 Å². The van der Waals surface area contributed by atoms with Gasteiger partial charge in [0.15, 0.2) is 7.37 Å². The van der Waals surface area contributed by atoms with Gasteiger partial charge in [0.1, 0.15) is 11.6 Å². The van der Waals surface area contributed by atoms with E-state index in [4.69, 9.17) is 0 Å². The fraction of sp³-hybridized carbons (Fsp3) is 0.250. The van der Waals surface area contributed by atoms with Gasteiger partial charge in [-0.3, -0.25) is 4.57 Å². The molecule has 0 saturated heterocycles. The van der Waals surface area contributed by atoms with Crippen LogP contribution in [0.1, 0.15) is 27.8 Å². The average molecular weight is 412 g/mol. The summed E-state index contributed by atoms with van der Waals surface area (Å²) in [6.07, 6.45) is 1.57. The van der Waals surface area contributed by atoms with E-state index in [2.05, 4.69) is 26.0 Å². The van der Waals surface area contributed by atoms with Crippen molar-refractivity contribution in [2.24, 2.45) is 0 Å². The first kappa shape index (κ1) is 21.3. The van der Waals surface area contributed by atoms with Crippen molar-refractivity contribution in [2.45, 2.75) is 26.7 Å². The van der Waals surface area contributed by atoms with Gasteiger partial charge in [-0.2, -0.15) is 0 Å². The number of aryl methyl sites for hydroxylation is 3. The largest absolute Gasteiger partial charge is 0.507 e. The zero-order valence-electron chi connectivity index (χ0n) is 16.9. The molecule has 3 rings (SSSR count). The lowest BCUT2D eigenvalue weighted by Crippen LogP contribution is -2.00. The topological polar surface area (TPSA) is 57.5 Å². The van der Waals surface area contributed by atoms with Gasteiger partial charge in [-0.25, -0.2) is 4.39 Å². The first-order chi connectivity index (χ1) is 13.6. The van der Waals surface area contributed by atoms with Gasteiger partial charge in [0.25, 0.3) is 0 Å². The van der Waals surface area contributed by atoms with Gasteiger partial charge in [-0.1, -0.05) is 30.3 Å². The lowest BCUT2D eigenvalue weighted by atomic mass is 9.92. The quantitative estimate of drug-likeness (QED) is 0.500. The van der Waals surface area contributed by atoms with Crippen molar-refractivity contribution in [2.75, 3.05) is 12.8 Å². The molecule has 0 aliphatic rings. The molecule has 0 amide bonds. The number of halogens is 1. The molecule has 3 nitrogen and oxygen atoms in total. The Morgan fingerprint density at radius 3 is 2.14 bits per heavy atom. The van der Waals surface area contributed by atoms with E-state index in [-0.39, 0.29) is 17.7 Å². The molecule has 29 heavy (non-hydrogen) atoms. The molecule has 0 saturated carbocycles. The third kappa shape index (κ3) is 5.56. The zero-order chi connectivity index (χ0) is 21.2. The van der Waals surface area contributed by atoms with Gasteiger partial charge in [0, 0.05) is 18.4 Å². The number of rotatable bonds is 6. The Labute approximate surface area is 171 Å². The van der Waals surface area contributed by atoms with E-state index in [9.17, 15) is 19.0 Å². The van der Waals surface area contributed by atoms with Crippen molar-refractivity contribution >= 4 is 7.37 Å². The van der Waals surface area contributed by atoms with E-state index < -0.39 is 7.37 Å². The van der Waals surface area contributed by atoms with Crippen molar-refractivity contribution in [3.63, 3.8) is 0 Å².